The SMILES string of the molecule is Cc1nccn1Cc1ccc(NC(=O)CCc2ccc(-c3ccccc3F)o2)cc1. The van der Waals surface area contributed by atoms with Crippen molar-refractivity contribution in [1.29, 1.82) is 0 Å². The van der Waals surface area contributed by atoms with E-state index in [0.29, 0.717) is 23.5 Å². The highest BCUT2D eigenvalue weighted by atomic mass is 19.1. The first kappa shape index (κ1) is 19.6. The van der Waals surface area contributed by atoms with Gasteiger partial charge in [-0.3, -0.25) is 4.79 Å². The van der Waals surface area contributed by atoms with E-state index in [0.717, 1.165) is 23.6 Å². The molecular formula is C24H22FN3O2. The lowest BCUT2D eigenvalue weighted by atomic mass is 10.1. The summed E-state index contributed by atoms with van der Waals surface area (Å²) in [7, 11) is 0. The van der Waals surface area contributed by atoms with Gasteiger partial charge in [0.05, 0.1) is 5.56 Å². The lowest BCUT2D eigenvalue weighted by molar-refractivity contribution is -0.116. The van der Waals surface area contributed by atoms with Gasteiger partial charge in [-0.05, 0) is 48.9 Å². The van der Waals surface area contributed by atoms with Crippen LogP contribution in [0.3, 0.4) is 0 Å². The number of benzene rings is 2. The summed E-state index contributed by atoms with van der Waals surface area (Å²) >= 11 is 0. The summed E-state index contributed by atoms with van der Waals surface area (Å²) in [5, 5.41) is 2.90. The third-order valence-electron chi connectivity index (χ3n) is 4.91. The third-order valence-corrected chi connectivity index (χ3v) is 4.91. The van der Waals surface area contributed by atoms with Crippen molar-refractivity contribution >= 4 is 11.6 Å². The fourth-order valence-corrected chi connectivity index (χ4v) is 3.24. The van der Waals surface area contributed by atoms with Gasteiger partial charge in [-0.25, -0.2) is 9.37 Å². The molecule has 1 amide bonds. The second-order valence-electron chi connectivity index (χ2n) is 7.09. The minimum absolute atomic E-state index is 0.1000. The molecule has 0 aliphatic rings. The number of aryl methyl sites for hydroxylation is 2. The fraction of sp³-hybridized carbons (Fsp3) is 0.167. The number of hydrogen-bond donors (Lipinski definition) is 1. The number of rotatable bonds is 7. The van der Waals surface area contributed by atoms with Crippen molar-refractivity contribution in [3.05, 3.63) is 96.0 Å². The normalized spacial score (nSPS) is 10.9. The van der Waals surface area contributed by atoms with Gasteiger partial charge < -0.3 is 14.3 Å². The summed E-state index contributed by atoms with van der Waals surface area (Å²) in [5.74, 6) is 1.64. The predicted molar refractivity (Wildman–Crippen MR) is 114 cm³/mol. The summed E-state index contributed by atoms with van der Waals surface area (Å²) in [4.78, 5) is 16.5. The molecule has 0 aliphatic carbocycles. The molecule has 2 aromatic carbocycles. The standard InChI is InChI=1S/C24H22FN3O2/c1-17-26-14-15-28(17)16-18-6-8-19(9-7-18)27-24(29)13-11-20-10-12-23(30-20)21-4-2-3-5-22(21)25/h2-10,12,14-15H,11,13,16H2,1H3,(H,27,29). The maximum absolute atomic E-state index is 13.9. The zero-order valence-corrected chi connectivity index (χ0v) is 16.6. The number of carbonyl (C=O) groups is 1. The average molecular weight is 403 g/mol. The second kappa shape index (κ2) is 8.78. The number of imidazole rings is 1. The molecule has 0 spiro atoms. The van der Waals surface area contributed by atoms with Crippen LogP contribution in [0.1, 0.15) is 23.6 Å². The molecule has 1 N–H and O–H groups in total. The van der Waals surface area contributed by atoms with Crippen LogP contribution in [0.15, 0.2) is 77.5 Å². The summed E-state index contributed by atoms with van der Waals surface area (Å²) in [6, 6.07) is 17.7. The number of nitrogens with one attached hydrogen (secondary N) is 1. The molecule has 0 bridgehead atoms. The topological polar surface area (TPSA) is 60.1 Å². The fourth-order valence-electron chi connectivity index (χ4n) is 3.24. The van der Waals surface area contributed by atoms with Crippen molar-refractivity contribution in [2.24, 2.45) is 0 Å². The number of hydrogen-bond acceptors (Lipinski definition) is 3. The molecule has 6 heteroatoms. The maximum atomic E-state index is 13.9. The molecule has 5 nitrogen and oxygen atoms in total. The van der Waals surface area contributed by atoms with Crippen LogP contribution < -0.4 is 5.32 Å². The van der Waals surface area contributed by atoms with Crippen LogP contribution in [-0.4, -0.2) is 15.5 Å². The van der Waals surface area contributed by atoms with Gasteiger partial charge in [0.15, 0.2) is 0 Å². The molecule has 0 aliphatic heterocycles. The van der Waals surface area contributed by atoms with Crippen molar-refractivity contribution in [1.82, 2.24) is 9.55 Å². The Morgan fingerprint density at radius 2 is 1.90 bits per heavy atom. The molecule has 0 saturated heterocycles. The Labute approximate surface area is 174 Å². The Bertz CT molecular complexity index is 1150. The molecule has 0 fully saturated rings. The summed E-state index contributed by atoms with van der Waals surface area (Å²) < 4.78 is 21.6. The minimum Gasteiger partial charge on any atom is -0.461 e. The Hall–Kier alpha value is -3.67. The lowest BCUT2D eigenvalue weighted by Crippen LogP contribution is -2.12. The summed E-state index contributed by atoms with van der Waals surface area (Å²) in [5.41, 5.74) is 2.29. The van der Waals surface area contributed by atoms with Crippen LogP contribution in [0.2, 0.25) is 0 Å². The molecule has 4 aromatic rings. The second-order valence-corrected chi connectivity index (χ2v) is 7.09. The molecule has 0 radical (unpaired) electrons. The van der Waals surface area contributed by atoms with E-state index in [4.69, 9.17) is 4.42 Å². The molecule has 2 aromatic heterocycles. The number of furan rings is 1. The molecule has 152 valence electrons. The average Bonchev–Trinajstić information content (AvgIpc) is 3.38. The quantitative estimate of drug-likeness (QED) is 0.461. The maximum Gasteiger partial charge on any atom is 0.224 e. The molecule has 0 saturated carbocycles. The van der Waals surface area contributed by atoms with E-state index in [1.54, 1.807) is 36.5 Å². The highest BCUT2D eigenvalue weighted by molar-refractivity contribution is 5.90. The monoisotopic (exact) mass is 403 g/mol. The Morgan fingerprint density at radius 1 is 1.10 bits per heavy atom. The Balaban J connectivity index is 1.30. The highest BCUT2D eigenvalue weighted by Crippen LogP contribution is 2.25. The molecular weight excluding hydrogens is 381 g/mol. The van der Waals surface area contributed by atoms with Crippen molar-refractivity contribution in [2.45, 2.75) is 26.3 Å². The van der Waals surface area contributed by atoms with E-state index in [1.807, 2.05) is 37.4 Å². The van der Waals surface area contributed by atoms with Crippen LogP contribution >= 0.6 is 0 Å². The number of aromatic nitrogens is 2. The molecule has 0 unspecified atom stereocenters. The Morgan fingerprint density at radius 3 is 2.63 bits per heavy atom. The minimum atomic E-state index is -0.331. The van der Waals surface area contributed by atoms with Crippen molar-refractivity contribution in [3.63, 3.8) is 0 Å². The van der Waals surface area contributed by atoms with Gasteiger partial charge in [0.2, 0.25) is 5.91 Å². The molecule has 4 rings (SSSR count). The van der Waals surface area contributed by atoms with E-state index < -0.39 is 0 Å². The molecule has 30 heavy (non-hydrogen) atoms. The van der Waals surface area contributed by atoms with E-state index in [1.165, 1.54) is 6.07 Å². The van der Waals surface area contributed by atoms with E-state index >= 15 is 0 Å². The number of nitrogens with zero attached hydrogens (tertiary/aromatic N) is 2. The smallest absolute Gasteiger partial charge is 0.224 e. The number of anilines is 1. The third kappa shape index (κ3) is 4.66. The largest absolute Gasteiger partial charge is 0.461 e. The first-order valence-electron chi connectivity index (χ1n) is 9.78. The van der Waals surface area contributed by atoms with Gasteiger partial charge in [-0.15, -0.1) is 0 Å². The van der Waals surface area contributed by atoms with Crippen molar-refractivity contribution in [3.8, 4) is 11.3 Å². The van der Waals surface area contributed by atoms with Crippen LogP contribution in [-0.2, 0) is 17.8 Å². The predicted octanol–water partition coefficient (Wildman–Crippen LogP) is 5.21. The van der Waals surface area contributed by atoms with Crippen molar-refractivity contribution < 1.29 is 13.6 Å². The molecule has 0 atom stereocenters. The van der Waals surface area contributed by atoms with Gasteiger partial charge in [0.25, 0.3) is 0 Å². The zero-order chi connectivity index (χ0) is 20.9. The number of carbonyl (C=O) groups excluding carboxylic acids is 1. The van der Waals surface area contributed by atoms with Crippen LogP contribution in [0.5, 0.6) is 0 Å². The van der Waals surface area contributed by atoms with Crippen LogP contribution in [0, 0.1) is 12.7 Å². The highest BCUT2D eigenvalue weighted by Gasteiger charge is 2.11. The Kier molecular flexibility index (Phi) is 5.75. The van der Waals surface area contributed by atoms with Gasteiger partial charge in [0, 0.05) is 37.5 Å². The summed E-state index contributed by atoms with van der Waals surface area (Å²) in [6.45, 7) is 2.70. The summed E-state index contributed by atoms with van der Waals surface area (Å²) in [6.07, 6.45) is 4.44. The van der Waals surface area contributed by atoms with Crippen LogP contribution in [0.4, 0.5) is 10.1 Å². The van der Waals surface area contributed by atoms with Gasteiger partial charge >= 0.3 is 0 Å². The molecule has 2 heterocycles. The van der Waals surface area contributed by atoms with Gasteiger partial charge in [-0.1, -0.05) is 24.3 Å². The number of amides is 1. The van der Waals surface area contributed by atoms with E-state index in [9.17, 15) is 9.18 Å². The van der Waals surface area contributed by atoms with Gasteiger partial charge in [0.1, 0.15) is 23.2 Å². The van der Waals surface area contributed by atoms with E-state index in [2.05, 4.69) is 14.9 Å². The van der Waals surface area contributed by atoms with Crippen molar-refractivity contribution in [2.75, 3.05) is 5.32 Å². The number of halogens is 1. The first-order chi connectivity index (χ1) is 14.6. The van der Waals surface area contributed by atoms with Gasteiger partial charge in [-0.2, -0.15) is 0 Å². The lowest BCUT2D eigenvalue weighted by Gasteiger charge is -2.08. The first-order valence-corrected chi connectivity index (χ1v) is 9.78. The zero-order valence-electron chi connectivity index (χ0n) is 16.6. The van der Waals surface area contributed by atoms with E-state index in [-0.39, 0.29) is 18.1 Å². The van der Waals surface area contributed by atoms with Crippen LogP contribution in [0.25, 0.3) is 11.3 Å².